The molecule has 3 nitrogen and oxygen atoms in total. The van der Waals surface area contributed by atoms with E-state index in [-0.39, 0.29) is 0 Å². The van der Waals surface area contributed by atoms with Crippen molar-refractivity contribution >= 4 is 0 Å². The minimum atomic E-state index is 0.858. The molecule has 0 saturated carbocycles. The van der Waals surface area contributed by atoms with Crippen molar-refractivity contribution < 1.29 is 0 Å². The second-order valence-electron chi connectivity index (χ2n) is 4.65. The van der Waals surface area contributed by atoms with Gasteiger partial charge in [0.15, 0.2) is 0 Å². The van der Waals surface area contributed by atoms with Crippen LogP contribution in [0.3, 0.4) is 0 Å². The maximum atomic E-state index is 4.21. The largest absolute Gasteiger partial charge is 0.299 e. The Morgan fingerprint density at radius 1 is 1.00 bits per heavy atom. The molecule has 0 unspecified atom stereocenters. The van der Waals surface area contributed by atoms with E-state index in [1.807, 2.05) is 23.1 Å². The summed E-state index contributed by atoms with van der Waals surface area (Å²) in [5.74, 6) is 0. The zero-order valence-corrected chi connectivity index (χ0v) is 9.92. The zero-order chi connectivity index (χ0) is 11.5. The number of benzene rings is 1. The first-order valence-corrected chi connectivity index (χ1v) is 6.18. The van der Waals surface area contributed by atoms with Crippen molar-refractivity contribution in [3.63, 3.8) is 0 Å². The summed E-state index contributed by atoms with van der Waals surface area (Å²) in [6.07, 6.45) is 5.17. The average Bonchev–Trinajstić information content (AvgIpc) is 2.78. The summed E-state index contributed by atoms with van der Waals surface area (Å²) >= 11 is 0. The van der Waals surface area contributed by atoms with Gasteiger partial charge in [0.05, 0.1) is 6.54 Å². The van der Waals surface area contributed by atoms with Crippen LogP contribution in [0.5, 0.6) is 0 Å². The Hall–Kier alpha value is -1.61. The lowest BCUT2D eigenvalue weighted by atomic mass is 10.1. The Kier molecular flexibility index (Phi) is 2.92. The molecule has 0 amide bonds. The maximum absolute atomic E-state index is 4.21. The molecule has 0 bridgehead atoms. The fraction of sp³-hybridized carbons (Fsp3) is 0.357. The van der Waals surface area contributed by atoms with Crippen LogP contribution in [-0.2, 0) is 13.1 Å². The molecule has 17 heavy (non-hydrogen) atoms. The minimum Gasteiger partial charge on any atom is -0.299 e. The van der Waals surface area contributed by atoms with Gasteiger partial charge in [-0.2, -0.15) is 5.10 Å². The SMILES string of the molecule is c1cnn(Cc2ccc(CN3CCC3)cc2)c1. The van der Waals surface area contributed by atoms with Gasteiger partial charge in [-0.25, -0.2) is 0 Å². The van der Waals surface area contributed by atoms with Gasteiger partial charge in [0.25, 0.3) is 0 Å². The van der Waals surface area contributed by atoms with Crippen molar-refractivity contribution in [2.75, 3.05) is 13.1 Å². The van der Waals surface area contributed by atoms with Crippen LogP contribution in [0, 0.1) is 0 Å². The number of aromatic nitrogens is 2. The Labute approximate surface area is 102 Å². The number of likely N-dealkylation sites (tertiary alicyclic amines) is 1. The molecule has 0 aliphatic carbocycles. The van der Waals surface area contributed by atoms with Gasteiger partial charge in [0.2, 0.25) is 0 Å². The fourth-order valence-corrected chi connectivity index (χ4v) is 2.13. The van der Waals surface area contributed by atoms with Crippen LogP contribution in [0.15, 0.2) is 42.7 Å². The number of hydrogen-bond acceptors (Lipinski definition) is 2. The normalized spacial score (nSPS) is 15.8. The quantitative estimate of drug-likeness (QED) is 0.798. The van der Waals surface area contributed by atoms with Crippen molar-refractivity contribution in [1.29, 1.82) is 0 Å². The van der Waals surface area contributed by atoms with E-state index >= 15 is 0 Å². The van der Waals surface area contributed by atoms with Crippen LogP contribution in [-0.4, -0.2) is 27.8 Å². The molecule has 3 heteroatoms. The first-order chi connectivity index (χ1) is 8.40. The van der Waals surface area contributed by atoms with Gasteiger partial charge in [0.1, 0.15) is 0 Å². The van der Waals surface area contributed by atoms with E-state index in [1.165, 1.54) is 30.6 Å². The fourth-order valence-electron chi connectivity index (χ4n) is 2.13. The zero-order valence-electron chi connectivity index (χ0n) is 9.92. The summed E-state index contributed by atoms with van der Waals surface area (Å²) < 4.78 is 1.95. The molecule has 2 aromatic rings. The van der Waals surface area contributed by atoms with Crippen LogP contribution in [0.25, 0.3) is 0 Å². The first kappa shape index (κ1) is 10.5. The third kappa shape index (κ3) is 2.56. The second kappa shape index (κ2) is 4.72. The van der Waals surface area contributed by atoms with Gasteiger partial charge < -0.3 is 0 Å². The molecular weight excluding hydrogens is 210 g/mol. The van der Waals surface area contributed by atoms with E-state index in [9.17, 15) is 0 Å². The minimum absolute atomic E-state index is 0.858. The summed E-state index contributed by atoms with van der Waals surface area (Å²) in [5.41, 5.74) is 2.72. The van der Waals surface area contributed by atoms with Gasteiger partial charge in [-0.1, -0.05) is 24.3 Å². The Morgan fingerprint density at radius 2 is 1.71 bits per heavy atom. The summed E-state index contributed by atoms with van der Waals surface area (Å²) in [7, 11) is 0. The lowest BCUT2D eigenvalue weighted by molar-refractivity contribution is 0.172. The highest BCUT2D eigenvalue weighted by Crippen LogP contribution is 2.13. The van der Waals surface area contributed by atoms with Crippen molar-refractivity contribution in [3.05, 3.63) is 53.9 Å². The van der Waals surface area contributed by atoms with Gasteiger partial charge in [0, 0.05) is 18.9 Å². The van der Waals surface area contributed by atoms with Crippen molar-refractivity contribution in [2.24, 2.45) is 0 Å². The Morgan fingerprint density at radius 3 is 2.24 bits per heavy atom. The monoisotopic (exact) mass is 227 g/mol. The average molecular weight is 227 g/mol. The predicted octanol–water partition coefficient (Wildman–Crippen LogP) is 2.14. The first-order valence-electron chi connectivity index (χ1n) is 6.18. The van der Waals surface area contributed by atoms with Gasteiger partial charge in [-0.05, 0) is 36.7 Å². The van der Waals surface area contributed by atoms with Gasteiger partial charge >= 0.3 is 0 Å². The standard InChI is InChI=1S/C14H17N3/c1-7-15-17(10-1)12-14-5-3-13(4-6-14)11-16-8-2-9-16/h1,3-7,10H,2,8-9,11-12H2. The lowest BCUT2D eigenvalue weighted by Crippen LogP contribution is -2.36. The summed E-state index contributed by atoms with van der Waals surface area (Å²) in [6.45, 7) is 4.48. The van der Waals surface area contributed by atoms with E-state index in [4.69, 9.17) is 0 Å². The van der Waals surface area contributed by atoms with Crippen LogP contribution in [0.4, 0.5) is 0 Å². The highest BCUT2D eigenvalue weighted by molar-refractivity contribution is 5.22. The van der Waals surface area contributed by atoms with Crippen LogP contribution in [0.1, 0.15) is 17.5 Å². The number of hydrogen-bond donors (Lipinski definition) is 0. The molecule has 1 aromatic carbocycles. The second-order valence-corrected chi connectivity index (χ2v) is 4.65. The highest BCUT2D eigenvalue weighted by atomic mass is 15.3. The Bertz CT molecular complexity index is 455. The van der Waals surface area contributed by atoms with E-state index in [0.717, 1.165) is 13.1 Å². The van der Waals surface area contributed by atoms with E-state index < -0.39 is 0 Å². The van der Waals surface area contributed by atoms with Crippen molar-refractivity contribution in [1.82, 2.24) is 14.7 Å². The predicted molar refractivity (Wildman–Crippen MR) is 67.7 cm³/mol. The summed E-state index contributed by atoms with van der Waals surface area (Å²) in [5, 5.41) is 4.21. The van der Waals surface area contributed by atoms with Crippen LogP contribution in [0.2, 0.25) is 0 Å². The Balaban J connectivity index is 1.63. The third-order valence-electron chi connectivity index (χ3n) is 3.28. The maximum Gasteiger partial charge on any atom is 0.0659 e. The van der Waals surface area contributed by atoms with Crippen LogP contribution >= 0.6 is 0 Å². The molecule has 0 atom stereocenters. The van der Waals surface area contributed by atoms with Gasteiger partial charge in [-0.3, -0.25) is 9.58 Å². The van der Waals surface area contributed by atoms with Crippen molar-refractivity contribution in [3.8, 4) is 0 Å². The summed E-state index contributed by atoms with van der Waals surface area (Å²) in [4.78, 5) is 2.47. The molecule has 3 rings (SSSR count). The molecule has 1 saturated heterocycles. The van der Waals surface area contributed by atoms with Gasteiger partial charge in [-0.15, -0.1) is 0 Å². The topological polar surface area (TPSA) is 21.1 Å². The molecule has 88 valence electrons. The third-order valence-corrected chi connectivity index (χ3v) is 3.28. The molecule has 1 aliphatic heterocycles. The van der Waals surface area contributed by atoms with E-state index in [2.05, 4.69) is 34.3 Å². The van der Waals surface area contributed by atoms with Crippen LogP contribution < -0.4 is 0 Å². The molecule has 1 fully saturated rings. The van der Waals surface area contributed by atoms with Crippen molar-refractivity contribution in [2.45, 2.75) is 19.5 Å². The molecule has 1 aromatic heterocycles. The number of rotatable bonds is 4. The number of nitrogens with zero attached hydrogens (tertiary/aromatic N) is 3. The van der Waals surface area contributed by atoms with E-state index in [0.29, 0.717) is 0 Å². The highest BCUT2D eigenvalue weighted by Gasteiger charge is 2.13. The smallest absolute Gasteiger partial charge is 0.0659 e. The lowest BCUT2D eigenvalue weighted by Gasteiger charge is -2.30. The molecular formula is C14H17N3. The summed E-state index contributed by atoms with van der Waals surface area (Å²) in [6, 6.07) is 10.8. The molecule has 1 aliphatic rings. The van der Waals surface area contributed by atoms with E-state index in [1.54, 1.807) is 0 Å². The molecule has 2 heterocycles. The molecule has 0 radical (unpaired) electrons. The molecule has 0 N–H and O–H groups in total. The molecule has 0 spiro atoms.